The SMILES string of the molecule is CCn1nc(C)cc1C(=O)Nc1nc2nc(C(=O)OC)ccc2n1C/C=C/CNC(=O)OC(C)(C)C. The lowest BCUT2D eigenvalue weighted by Crippen LogP contribution is -2.32. The Morgan fingerprint density at radius 3 is 2.56 bits per heavy atom. The number of hydrogen-bond donors (Lipinski definition) is 2. The van der Waals surface area contributed by atoms with Crippen molar-refractivity contribution in [3.63, 3.8) is 0 Å². The molecule has 0 aliphatic rings. The molecule has 0 saturated heterocycles. The fraction of sp³-hybridized carbons (Fsp3) is 0.417. The maximum atomic E-state index is 13.0. The number of aromatic nitrogens is 5. The Morgan fingerprint density at radius 1 is 1.14 bits per heavy atom. The predicted octanol–water partition coefficient (Wildman–Crippen LogP) is 3.08. The highest BCUT2D eigenvalue weighted by Gasteiger charge is 2.20. The van der Waals surface area contributed by atoms with Crippen LogP contribution >= 0.6 is 0 Å². The molecule has 0 bridgehead atoms. The maximum Gasteiger partial charge on any atom is 0.407 e. The van der Waals surface area contributed by atoms with E-state index in [0.29, 0.717) is 24.3 Å². The Hall–Kier alpha value is -4.22. The number of fused-ring (bicyclic) bond motifs is 1. The second-order valence-corrected chi connectivity index (χ2v) is 8.87. The first-order valence-corrected chi connectivity index (χ1v) is 11.5. The number of nitrogens with zero attached hydrogens (tertiary/aromatic N) is 5. The smallest absolute Gasteiger partial charge is 0.407 e. The van der Waals surface area contributed by atoms with Crippen molar-refractivity contribution in [2.45, 2.75) is 53.3 Å². The molecule has 3 aromatic rings. The van der Waals surface area contributed by atoms with Gasteiger partial charge in [0, 0.05) is 19.6 Å². The average molecular weight is 498 g/mol. The molecule has 3 aromatic heterocycles. The predicted molar refractivity (Wildman–Crippen MR) is 133 cm³/mol. The topological polar surface area (TPSA) is 142 Å². The van der Waals surface area contributed by atoms with E-state index in [0.717, 1.165) is 5.69 Å². The molecular weight excluding hydrogens is 466 g/mol. The summed E-state index contributed by atoms with van der Waals surface area (Å²) in [6.45, 7) is 10.2. The number of anilines is 1. The summed E-state index contributed by atoms with van der Waals surface area (Å²) in [5.41, 5.74) is 1.51. The second-order valence-electron chi connectivity index (χ2n) is 8.87. The molecule has 2 N–H and O–H groups in total. The van der Waals surface area contributed by atoms with Gasteiger partial charge in [-0.15, -0.1) is 0 Å². The first-order valence-electron chi connectivity index (χ1n) is 11.5. The van der Waals surface area contributed by atoms with E-state index in [1.807, 2.05) is 19.9 Å². The quantitative estimate of drug-likeness (QED) is 0.357. The molecule has 2 amide bonds. The van der Waals surface area contributed by atoms with Crippen molar-refractivity contribution < 1.29 is 23.9 Å². The normalized spacial score (nSPS) is 11.6. The van der Waals surface area contributed by atoms with E-state index >= 15 is 0 Å². The summed E-state index contributed by atoms with van der Waals surface area (Å²) >= 11 is 0. The Balaban J connectivity index is 1.84. The third kappa shape index (κ3) is 6.46. The molecule has 192 valence electrons. The van der Waals surface area contributed by atoms with E-state index in [1.54, 1.807) is 48.2 Å². The van der Waals surface area contributed by atoms with Gasteiger partial charge in [0.2, 0.25) is 5.95 Å². The molecule has 0 aliphatic carbocycles. The molecule has 0 unspecified atom stereocenters. The van der Waals surface area contributed by atoms with Gasteiger partial charge in [0.25, 0.3) is 5.91 Å². The number of ether oxygens (including phenoxy) is 2. The number of alkyl carbamates (subject to hydrolysis) is 1. The maximum absolute atomic E-state index is 13.0. The Morgan fingerprint density at radius 2 is 1.89 bits per heavy atom. The van der Waals surface area contributed by atoms with Gasteiger partial charge >= 0.3 is 12.1 Å². The van der Waals surface area contributed by atoms with Crippen LogP contribution < -0.4 is 10.6 Å². The highest BCUT2D eigenvalue weighted by molar-refractivity contribution is 6.03. The monoisotopic (exact) mass is 497 g/mol. The molecule has 0 aliphatic heterocycles. The lowest BCUT2D eigenvalue weighted by atomic mass is 10.2. The van der Waals surface area contributed by atoms with Gasteiger partial charge in [-0.2, -0.15) is 10.1 Å². The van der Waals surface area contributed by atoms with E-state index < -0.39 is 17.7 Å². The van der Waals surface area contributed by atoms with Crippen LogP contribution in [0.2, 0.25) is 0 Å². The van der Waals surface area contributed by atoms with Crippen LogP contribution in [0.3, 0.4) is 0 Å². The number of methoxy groups -OCH3 is 1. The van der Waals surface area contributed by atoms with Gasteiger partial charge in [0.05, 0.1) is 18.3 Å². The van der Waals surface area contributed by atoms with E-state index in [4.69, 9.17) is 9.47 Å². The zero-order valence-corrected chi connectivity index (χ0v) is 21.3. The largest absolute Gasteiger partial charge is 0.464 e. The minimum atomic E-state index is -0.590. The first-order chi connectivity index (χ1) is 17.0. The van der Waals surface area contributed by atoms with Gasteiger partial charge < -0.3 is 19.4 Å². The number of esters is 1. The average Bonchev–Trinajstić information content (AvgIpc) is 3.36. The molecule has 0 saturated carbocycles. The number of pyridine rings is 1. The van der Waals surface area contributed by atoms with Gasteiger partial charge in [-0.05, 0) is 52.8 Å². The highest BCUT2D eigenvalue weighted by atomic mass is 16.6. The molecule has 3 rings (SSSR count). The highest BCUT2D eigenvalue weighted by Crippen LogP contribution is 2.20. The summed E-state index contributed by atoms with van der Waals surface area (Å²) in [6.07, 6.45) is 3.05. The summed E-state index contributed by atoms with van der Waals surface area (Å²) in [4.78, 5) is 45.5. The molecule has 0 atom stereocenters. The van der Waals surface area contributed by atoms with Crippen LogP contribution in [0, 0.1) is 6.92 Å². The Labute approximate surface area is 208 Å². The molecular formula is C24H31N7O5. The molecule has 0 aromatic carbocycles. The zero-order valence-electron chi connectivity index (χ0n) is 21.3. The van der Waals surface area contributed by atoms with Crippen molar-refractivity contribution in [3.8, 4) is 0 Å². The molecule has 36 heavy (non-hydrogen) atoms. The molecule has 0 radical (unpaired) electrons. The van der Waals surface area contributed by atoms with Crippen molar-refractivity contribution in [1.82, 2.24) is 29.6 Å². The lowest BCUT2D eigenvalue weighted by Gasteiger charge is -2.19. The van der Waals surface area contributed by atoms with Crippen molar-refractivity contribution in [2.24, 2.45) is 0 Å². The van der Waals surface area contributed by atoms with Crippen LogP contribution in [-0.2, 0) is 22.6 Å². The molecule has 12 nitrogen and oxygen atoms in total. The number of imidazole rings is 1. The number of carbonyl (C=O) groups is 3. The zero-order chi connectivity index (χ0) is 26.5. The summed E-state index contributed by atoms with van der Waals surface area (Å²) in [5.74, 6) is -0.721. The number of carbonyl (C=O) groups excluding carboxylic acids is 3. The number of amides is 2. The molecule has 3 heterocycles. The van der Waals surface area contributed by atoms with E-state index in [1.165, 1.54) is 13.2 Å². The summed E-state index contributed by atoms with van der Waals surface area (Å²) in [5, 5.41) is 9.79. The number of aryl methyl sites for hydroxylation is 2. The van der Waals surface area contributed by atoms with Gasteiger partial charge in [-0.1, -0.05) is 12.2 Å². The van der Waals surface area contributed by atoms with E-state index in [9.17, 15) is 14.4 Å². The standard InChI is InChI=1S/C24H31N7O5/c1-7-31-18(14-15(2)29-31)20(32)28-22-27-19-17(11-10-16(26-19)21(33)35-6)30(22)13-9-8-12-25-23(34)36-24(3,4)5/h8-11,14H,7,12-13H2,1-6H3,(H,25,34)(H,26,27,28,32)/b9-8+. The van der Waals surface area contributed by atoms with Crippen LogP contribution in [0.15, 0.2) is 30.4 Å². The minimum absolute atomic E-state index is 0.101. The molecule has 12 heteroatoms. The van der Waals surface area contributed by atoms with Crippen LogP contribution in [-0.4, -0.2) is 61.5 Å². The van der Waals surface area contributed by atoms with Crippen LogP contribution in [0.1, 0.15) is 54.4 Å². The summed E-state index contributed by atoms with van der Waals surface area (Å²) in [6, 6.07) is 4.91. The van der Waals surface area contributed by atoms with Crippen LogP contribution in [0.25, 0.3) is 11.2 Å². The number of rotatable bonds is 8. The van der Waals surface area contributed by atoms with Gasteiger partial charge in [-0.25, -0.2) is 14.6 Å². The van der Waals surface area contributed by atoms with Crippen LogP contribution in [0.4, 0.5) is 10.7 Å². The van der Waals surface area contributed by atoms with E-state index in [-0.39, 0.29) is 29.7 Å². The number of hydrogen-bond acceptors (Lipinski definition) is 8. The third-order valence-electron chi connectivity index (χ3n) is 4.88. The minimum Gasteiger partial charge on any atom is -0.464 e. The molecule has 0 spiro atoms. The lowest BCUT2D eigenvalue weighted by molar-refractivity contribution is 0.0532. The van der Waals surface area contributed by atoms with Gasteiger partial charge in [-0.3, -0.25) is 14.8 Å². The Kier molecular flexibility index (Phi) is 8.07. The second kappa shape index (κ2) is 11.0. The number of nitrogens with one attached hydrogen (secondary N) is 2. The first kappa shape index (κ1) is 26.4. The van der Waals surface area contributed by atoms with Crippen molar-refractivity contribution in [2.75, 3.05) is 19.0 Å². The van der Waals surface area contributed by atoms with Crippen molar-refractivity contribution in [3.05, 3.63) is 47.4 Å². The third-order valence-corrected chi connectivity index (χ3v) is 4.88. The van der Waals surface area contributed by atoms with E-state index in [2.05, 4.69) is 25.7 Å². The fourth-order valence-electron chi connectivity index (χ4n) is 3.36. The summed E-state index contributed by atoms with van der Waals surface area (Å²) in [7, 11) is 1.27. The van der Waals surface area contributed by atoms with Crippen molar-refractivity contribution in [1.29, 1.82) is 0 Å². The Bertz CT molecular complexity index is 1300. The number of allylic oxidation sites excluding steroid dienone is 1. The fourth-order valence-corrected chi connectivity index (χ4v) is 3.36. The molecule has 0 fully saturated rings. The van der Waals surface area contributed by atoms with Gasteiger partial charge in [0.1, 0.15) is 11.3 Å². The van der Waals surface area contributed by atoms with Crippen molar-refractivity contribution >= 4 is 35.1 Å². The van der Waals surface area contributed by atoms with Gasteiger partial charge in [0.15, 0.2) is 11.3 Å². The van der Waals surface area contributed by atoms with Crippen LogP contribution in [0.5, 0.6) is 0 Å². The summed E-state index contributed by atoms with van der Waals surface area (Å²) < 4.78 is 13.3.